The molecule has 1 amide bonds. The van der Waals surface area contributed by atoms with E-state index in [1.807, 2.05) is 12.1 Å². The van der Waals surface area contributed by atoms with Crippen LogP contribution in [-0.2, 0) is 4.74 Å². The van der Waals surface area contributed by atoms with Gasteiger partial charge < -0.3 is 19.9 Å². The maximum absolute atomic E-state index is 12.4. The Hall–Kier alpha value is -2.67. The van der Waals surface area contributed by atoms with E-state index in [0.717, 1.165) is 18.8 Å². The van der Waals surface area contributed by atoms with Gasteiger partial charge in [0.1, 0.15) is 11.5 Å². The molecular weight excluding hydrogens is 330 g/mol. The van der Waals surface area contributed by atoms with Crippen LogP contribution in [0, 0.1) is 0 Å². The molecule has 2 heterocycles. The number of rotatable bonds is 6. The maximum Gasteiger partial charge on any atom is 0.274 e. The van der Waals surface area contributed by atoms with Crippen LogP contribution in [0.15, 0.2) is 36.7 Å². The molecular formula is C19H25N5O2. The second-order valence-electron chi connectivity index (χ2n) is 6.04. The SMILES string of the molecule is CCN(CC)c1ccc(Nc2cnc(C(=O)N3CCOCC3)cn2)cc1. The zero-order valence-corrected chi connectivity index (χ0v) is 15.3. The van der Waals surface area contributed by atoms with Crippen LogP contribution in [0.4, 0.5) is 17.2 Å². The van der Waals surface area contributed by atoms with E-state index in [4.69, 9.17) is 4.74 Å². The average molecular weight is 355 g/mol. The molecule has 7 nitrogen and oxygen atoms in total. The molecule has 0 bridgehead atoms. The maximum atomic E-state index is 12.4. The van der Waals surface area contributed by atoms with Gasteiger partial charge in [-0.3, -0.25) is 4.79 Å². The van der Waals surface area contributed by atoms with Crippen LogP contribution in [0.25, 0.3) is 0 Å². The second kappa shape index (κ2) is 8.62. The molecule has 7 heteroatoms. The van der Waals surface area contributed by atoms with Gasteiger partial charge in [-0.15, -0.1) is 0 Å². The fourth-order valence-corrected chi connectivity index (χ4v) is 2.92. The van der Waals surface area contributed by atoms with Crippen molar-refractivity contribution in [2.24, 2.45) is 0 Å². The molecule has 1 saturated heterocycles. The summed E-state index contributed by atoms with van der Waals surface area (Å²) in [5, 5.41) is 3.21. The van der Waals surface area contributed by atoms with E-state index in [1.54, 1.807) is 11.1 Å². The Morgan fingerprint density at radius 2 is 1.81 bits per heavy atom. The van der Waals surface area contributed by atoms with Crippen molar-refractivity contribution in [3.63, 3.8) is 0 Å². The summed E-state index contributed by atoms with van der Waals surface area (Å²) >= 11 is 0. The monoisotopic (exact) mass is 355 g/mol. The van der Waals surface area contributed by atoms with Gasteiger partial charge in [0.05, 0.1) is 25.6 Å². The zero-order chi connectivity index (χ0) is 18.4. The molecule has 0 radical (unpaired) electrons. The van der Waals surface area contributed by atoms with Gasteiger partial charge in [-0.05, 0) is 38.1 Å². The molecule has 1 fully saturated rings. The summed E-state index contributed by atoms with van der Waals surface area (Å²) in [5.74, 6) is 0.509. The fourth-order valence-electron chi connectivity index (χ4n) is 2.92. The van der Waals surface area contributed by atoms with Crippen LogP contribution in [0.1, 0.15) is 24.3 Å². The first-order valence-electron chi connectivity index (χ1n) is 9.02. The molecule has 0 unspecified atom stereocenters. The summed E-state index contributed by atoms with van der Waals surface area (Å²) in [5.41, 5.74) is 2.48. The van der Waals surface area contributed by atoms with E-state index in [-0.39, 0.29) is 5.91 Å². The molecule has 0 atom stereocenters. The van der Waals surface area contributed by atoms with Crippen molar-refractivity contribution in [1.82, 2.24) is 14.9 Å². The number of carbonyl (C=O) groups excluding carboxylic acids is 1. The molecule has 1 aliphatic heterocycles. The van der Waals surface area contributed by atoms with Crippen molar-refractivity contribution in [2.45, 2.75) is 13.8 Å². The summed E-state index contributed by atoms with van der Waals surface area (Å²) in [4.78, 5) is 25.0. The van der Waals surface area contributed by atoms with E-state index in [0.29, 0.717) is 37.8 Å². The number of hydrogen-bond acceptors (Lipinski definition) is 6. The highest BCUT2D eigenvalue weighted by atomic mass is 16.5. The van der Waals surface area contributed by atoms with Gasteiger partial charge in [0, 0.05) is 37.6 Å². The van der Waals surface area contributed by atoms with Crippen LogP contribution >= 0.6 is 0 Å². The standard InChI is InChI=1S/C19H25N5O2/c1-3-23(4-2)16-7-5-15(6-8-16)22-18-14-20-17(13-21-18)19(25)24-9-11-26-12-10-24/h5-8,13-14H,3-4,9-12H2,1-2H3,(H,21,22). The third-order valence-corrected chi connectivity index (χ3v) is 4.44. The summed E-state index contributed by atoms with van der Waals surface area (Å²) in [6.45, 7) is 8.58. The molecule has 0 spiro atoms. The molecule has 1 aromatic carbocycles. The number of nitrogens with one attached hydrogen (secondary N) is 1. The molecule has 3 rings (SSSR count). The minimum absolute atomic E-state index is 0.101. The minimum Gasteiger partial charge on any atom is -0.378 e. The van der Waals surface area contributed by atoms with Gasteiger partial charge in [-0.25, -0.2) is 9.97 Å². The lowest BCUT2D eigenvalue weighted by molar-refractivity contribution is 0.0298. The molecule has 0 aliphatic carbocycles. The molecule has 138 valence electrons. The third-order valence-electron chi connectivity index (χ3n) is 4.44. The largest absolute Gasteiger partial charge is 0.378 e. The molecule has 1 N–H and O–H groups in total. The van der Waals surface area contributed by atoms with Crippen LogP contribution < -0.4 is 10.2 Å². The Kier molecular flexibility index (Phi) is 6.01. The van der Waals surface area contributed by atoms with Gasteiger partial charge in [0.2, 0.25) is 0 Å². The van der Waals surface area contributed by atoms with Gasteiger partial charge in [-0.1, -0.05) is 0 Å². The van der Waals surface area contributed by atoms with E-state index < -0.39 is 0 Å². The number of morpholine rings is 1. The molecule has 26 heavy (non-hydrogen) atoms. The Morgan fingerprint density at radius 1 is 1.12 bits per heavy atom. The summed E-state index contributed by atoms with van der Waals surface area (Å²) in [6.07, 6.45) is 3.11. The Bertz CT molecular complexity index is 708. The number of ether oxygens (including phenoxy) is 1. The van der Waals surface area contributed by atoms with E-state index in [9.17, 15) is 4.79 Å². The first kappa shape index (κ1) is 18.1. The Morgan fingerprint density at radius 3 is 2.38 bits per heavy atom. The third kappa shape index (κ3) is 4.29. The first-order chi connectivity index (χ1) is 12.7. The predicted octanol–water partition coefficient (Wildman–Crippen LogP) is 2.54. The first-order valence-corrected chi connectivity index (χ1v) is 9.02. The Balaban J connectivity index is 1.63. The van der Waals surface area contributed by atoms with Crippen molar-refractivity contribution in [2.75, 3.05) is 49.6 Å². The fraction of sp³-hybridized carbons (Fsp3) is 0.421. The number of amides is 1. The van der Waals surface area contributed by atoms with Crippen molar-refractivity contribution in [3.05, 3.63) is 42.4 Å². The van der Waals surface area contributed by atoms with Crippen LogP contribution in [-0.4, -0.2) is 60.2 Å². The topological polar surface area (TPSA) is 70.6 Å². The summed E-state index contributed by atoms with van der Waals surface area (Å²) in [7, 11) is 0. The predicted molar refractivity (Wildman–Crippen MR) is 102 cm³/mol. The van der Waals surface area contributed by atoms with Crippen molar-refractivity contribution >= 4 is 23.1 Å². The number of carbonyl (C=O) groups is 1. The number of anilines is 3. The number of benzene rings is 1. The van der Waals surface area contributed by atoms with E-state index in [2.05, 4.69) is 46.2 Å². The van der Waals surface area contributed by atoms with Gasteiger partial charge in [0.15, 0.2) is 0 Å². The minimum atomic E-state index is -0.101. The highest BCUT2D eigenvalue weighted by Crippen LogP contribution is 2.20. The number of nitrogens with zero attached hydrogens (tertiary/aromatic N) is 4. The van der Waals surface area contributed by atoms with Crippen LogP contribution in [0.3, 0.4) is 0 Å². The highest BCUT2D eigenvalue weighted by molar-refractivity contribution is 5.92. The second-order valence-corrected chi connectivity index (χ2v) is 6.04. The van der Waals surface area contributed by atoms with Gasteiger partial charge >= 0.3 is 0 Å². The van der Waals surface area contributed by atoms with E-state index in [1.165, 1.54) is 11.9 Å². The molecule has 2 aromatic rings. The lowest BCUT2D eigenvalue weighted by Gasteiger charge is -2.26. The molecule has 0 saturated carbocycles. The summed E-state index contributed by atoms with van der Waals surface area (Å²) in [6, 6.07) is 8.20. The van der Waals surface area contributed by atoms with Gasteiger partial charge in [-0.2, -0.15) is 0 Å². The highest BCUT2D eigenvalue weighted by Gasteiger charge is 2.19. The molecule has 1 aliphatic rings. The van der Waals surface area contributed by atoms with E-state index >= 15 is 0 Å². The lowest BCUT2D eigenvalue weighted by atomic mass is 10.2. The smallest absolute Gasteiger partial charge is 0.274 e. The quantitative estimate of drug-likeness (QED) is 0.859. The average Bonchev–Trinajstić information content (AvgIpc) is 2.71. The molecule has 1 aromatic heterocycles. The number of hydrogen-bond donors (Lipinski definition) is 1. The van der Waals surface area contributed by atoms with Gasteiger partial charge in [0.25, 0.3) is 5.91 Å². The Labute approximate surface area is 154 Å². The zero-order valence-electron chi connectivity index (χ0n) is 15.3. The normalized spacial score (nSPS) is 14.2. The van der Waals surface area contributed by atoms with Crippen molar-refractivity contribution in [1.29, 1.82) is 0 Å². The van der Waals surface area contributed by atoms with Crippen LogP contribution in [0.5, 0.6) is 0 Å². The van der Waals surface area contributed by atoms with Crippen molar-refractivity contribution in [3.8, 4) is 0 Å². The lowest BCUT2D eigenvalue weighted by Crippen LogP contribution is -2.41. The summed E-state index contributed by atoms with van der Waals surface area (Å²) < 4.78 is 5.27. The number of aromatic nitrogens is 2. The van der Waals surface area contributed by atoms with Crippen molar-refractivity contribution < 1.29 is 9.53 Å². The van der Waals surface area contributed by atoms with Crippen LogP contribution in [0.2, 0.25) is 0 Å².